The highest BCUT2D eigenvalue weighted by molar-refractivity contribution is 5.98. The van der Waals surface area contributed by atoms with E-state index in [-0.39, 0.29) is 40.0 Å². The molecule has 2 heterocycles. The van der Waals surface area contributed by atoms with E-state index in [1.807, 2.05) is 0 Å². The van der Waals surface area contributed by atoms with E-state index < -0.39 is 23.5 Å². The number of hydrogen-bond donors (Lipinski definition) is 4. The summed E-state index contributed by atoms with van der Waals surface area (Å²) in [6.07, 6.45) is 1.63. The maximum Gasteiger partial charge on any atom is 0.211 e. The monoisotopic (exact) mass is 358 g/mol. The normalized spacial score (nSPS) is 15.1. The van der Waals surface area contributed by atoms with E-state index in [0.29, 0.717) is 0 Å². The first kappa shape index (κ1) is 16.9. The lowest BCUT2D eigenvalue weighted by Gasteiger charge is -2.26. The Kier molecular flexibility index (Phi) is 3.98. The highest BCUT2D eigenvalue weighted by Crippen LogP contribution is 2.40. The van der Waals surface area contributed by atoms with Crippen LogP contribution < -0.4 is 22.1 Å². The van der Waals surface area contributed by atoms with Gasteiger partial charge >= 0.3 is 0 Å². The predicted octanol–water partition coefficient (Wildman–Crippen LogP) is 1.48. The maximum atomic E-state index is 13.7. The second-order valence-electron chi connectivity index (χ2n) is 5.20. The van der Waals surface area contributed by atoms with Gasteiger partial charge in [-0.15, -0.1) is 0 Å². The van der Waals surface area contributed by atoms with Crippen LogP contribution in [0.5, 0.6) is 0 Å². The summed E-state index contributed by atoms with van der Waals surface area (Å²) in [5.41, 5.74) is 11.4. The molecular weight excluding hydrogens is 349 g/mol. The Morgan fingerprint density at radius 3 is 2.38 bits per heavy atom. The van der Waals surface area contributed by atoms with Gasteiger partial charge < -0.3 is 16.8 Å². The Morgan fingerprint density at radius 1 is 1.15 bits per heavy atom. The van der Waals surface area contributed by atoms with Gasteiger partial charge in [0.15, 0.2) is 23.6 Å². The summed E-state index contributed by atoms with van der Waals surface area (Å²) < 4.78 is 40.6. The molecule has 2 aromatic rings. The number of rotatable bonds is 1. The largest absolute Gasteiger partial charge is 0.397 e. The van der Waals surface area contributed by atoms with E-state index in [4.69, 9.17) is 16.7 Å². The minimum absolute atomic E-state index is 0.0434. The third-order valence-corrected chi connectivity index (χ3v) is 3.68. The van der Waals surface area contributed by atoms with Crippen LogP contribution in [0.3, 0.4) is 0 Å². The number of fused-ring (bicyclic) bond motifs is 1. The molecule has 1 unspecified atom stereocenters. The number of anilines is 3. The maximum absolute atomic E-state index is 13.7. The second kappa shape index (κ2) is 6.14. The number of hydrogen-bond acceptors (Lipinski definition) is 8. The predicted molar refractivity (Wildman–Crippen MR) is 85.7 cm³/mol. The number of nitrogens with one attached hydrogen (secondary N) is 2. The lowest BCUT2D eigenvalue weighted by molar-refractivity contribution is 0.444. The van der Waals surface area contributed by atoms with E-state index in [1.54, 1.807) is 12.3 Å². The van der Waals surface area contributed by atoms with Crippen molar-refractivity contribution in [1.82, 2.24) is 10.3 Å². The van der Waals surface area contributed by atoms with Crippen LogP contribution in [0.25, 0.3) is 0 Å². The first-order chi connectivity index (χ1) is 12.4. The minimum atomic E-state index is -1.64. The molecule has 0 spiro atoms. The average molecular weight is 358 g/mol. The van der Waals surface area contributed by atoms with Gasteiger partial charge in [0.25, 0.3) is 0 Å². The number of guanidine groups is 1. The first-order valence-corrected chi connectivity index (χ1v) is 7.00. The molecule has 1 aromatic carbocycles. The number of nitrogens with zero attached hydrogens (tertiary/aromatic N) is 4. The van der Waals surface area contributed by atoms with Gasteiger partial charge in [0.1, 0.15) is 29.3 Å². The Morgan fingerprint density at radius 2 is 1.81 bits per heavy atom. The Balaban J connectivity index is 2.28. The average Bonchev–Trinajstić information content (AvgIpc) is 2.59. The standard InChI is InChI=1S/C15H9F3N8/c16-7-1-5(2-8(17)10(7)18)12-9-11(21)6(3-19)13(22)25-14(9)26-15(24-12)23-4-20/h1-2,12H,(H6,21,22,23,24,25,26). The molecule has 0 bridgehead atoms. The summed E-state index contributed by atoms with van der Waals surface area (Å²) >= 11 is 0. The van der Waals surface area contributed by atoms with Gasteiger partial charge in [-0.25, -0.2) is 23.1 Å². The van der Waals surface area contributed by atoms with Gasteiger partial charge in [-0.05, 0) is 17.7 Å². The van der Waals surface area contributed by atoms with Crippen molar-refractivity contribution in [1.29, 1.82) is 10.5 Å². The number of nitrogens with two attached hydrogens (primary N) is 2. The molecule has 0 amide bonds. The van der Waals surface area contributed by atoms with E-state index in [0.717, 1.165) is 12.1 Å². The summed E-state index contributed by atoms with van der Waals surface area (Å²) in [6, 6.07) is 2.12. The van der Waals surface area contributed by atoms with Crippen molar-refractivity contribution in [3.8, 4) is 12.3 Å². The fourth-order valence-electron chi connectivity index (χ4n) is 2.56. The van der Waals surface area contributed by atoms with E-state index >= 15 is 0 Å². The first-order valence-electron chi connectivity index (χ1n) is 7.00. The van der Waals surface area contributed by atoms with Crippen LogP contribution in [0.1, 0.15) is 22.7 Å². The van der Waals surface area contributed by atoms with Crippen LogP contribution in [-0.4, -0.2) is 10.9 Å². The number of aliphatic imine (C=N–C) groups is 1. The fraction of sp³-hybridized carbons (Fsp3) is 0.0667. The van der Waals surface area contributed by atoms with E-state index in [9.17, 15) is 18.4 Å². The van der Waals surface area contributed by atoms with Gasteiger partial charge in [-0.1, -0.05) is 0 Å². The molecule has 1 aliphatic rings. The SMILES string of the molecule is N#CNC1=NC(c2cc(F)c(F)c(F)c2)c2c(nc(N)c(C#N)c2N)N1. The van der Waals surface area contributed by atoms with Crippen molar-refractivity contribution in [2.24, 2.45) is 4.99 Å². The molecule has 0 radical (unpaired) electrons. The zero-order chi connectivity index (χ0) is 19.0. The van der Waals surface area contributed by atoms with E-state index in [2.05, 4.69) is 20.6 Å². The molecule has 0 aliphatic carbocycles. The number of nitriles is 2. The second-order valence-corrected chi connectivity index (χ2v) is 5.20. The summed E-state index contributed by atoms with van der Waals surface area (Å²) in [5.74, 6) is -4.71. The molecule has 1 aromatic heterocycles. The molecule has 26 heavy (non-hydrogen) atoms. The lowest BCUT2D eigenvalue weighted by Crippen LogP contribution is -2.32. The number of pyridine rings is 1. The van der Waals surface area contributed by atoms with Gasteiger partial charge in [0.2, 0.25) is 5.96 Å². The van der Waals surface area contributed by atoms with Crippen LogP contribution >= 0.6 is 0 Å². The molecular formula is C15H9F3N8. The van der Waals surface area contributed by atoms with Gasteiger partial charge in [0.05, 0.1) is 5.69 Å². The molecule has 1 aliphatic heterocycles. The zero-order valence-corrected chi connectivity index (χ0v) is 12.8. The molecule has 0 fully saturated rings. The summed E-state index contributed by atoms with van der Waals surface area (Å²) in [4.78, 5) is 8.10. The fourth-order valence-corrected chi connectivity index (χ4v) is 2.56. The summed E-state index contributed by atoms with van der Waals surface area (Å²) in [6.45, 7) is 0. The van der Waals surface area contributed by atoms with Crippen LogP contribution in [-0.2, 0) is 0 Å². The van der Waals surface area contributed by atoms with Crippen LogP contribution in [0.4, 0.5) is 30.5 Å². The van der Waals surface area contributed by atoms with Crippen molar-refractivity contribution < 1.29 is 13.2 Å². The Hall–Kier alpha value is -3.99. The number of benzene rings is 1. The van der Waals surface area contributed by atoms with Gasteiger partial charge in [0, 0.05) is 5.56 Å². The third kappa shape index (κ3) is 2.57. The molecule has 0 saturated heterocycles. The van der Waals surface area contributed by atoms with Crippen molar-refractivity contribution in [2.45, 2.75) is 6.04 Å². The molecule has 8 nitrogen and oxygen atoms in total. The summed E-state index contributed by atoms with van der Waals surface area (Å²) in [7, 11) is 0. The molecule has 6 N–H and O–H groups in total. The lowest BCUT2D eigenvalue weighted by atomic mass is 9.95. The molecule has 0 saturated carbocycles. The zero-order valence-electron chi connectivity index (χ0n) is 12.8. The number of aromatic nitrogens is 1. The highest BCUT2D eigenvalue weighted by Gasteiger charge is 2.30. The quantitative estimate of drug-likeness (QED) is 0.342. The third-order valence-electron chi connectivity index (χ3n) is 3.68. The molecule has 130 valence electrons. The van der Waals surface area contributed by atoms with Crippen molar-refractivity contribution in [3.05, 3.63) is 46.3 Å². The van der Waals surface area contributed by atoms with Crippen molar-refractivity contribution in [3.63, 3.8) is 0 Å². The number of nitrogen functional groups attached to an aromatic ring is 2. The van der Waals surface area contributed by atoms with Gasteiger partial charge in [-0.2, -0.15) is 10.5 Å². The van der Waals surface area contributed by atoms with Crippen LogP contribution in [0, 0.1) is 40.2 Å². The van der Waals surface area contributed by atoms with Gasteiger partial charge in [-0.3, -0.25) is 5.32 Å². The molecule has 1 atom stereocenters. The Bertz CT molecular complexity index is 1010. The Labute approximate surface area is 144 Å². The minimum Gasteiger partial charge on any atom is -0.397 e. The van der Waals surface area contributed by atoms with Crippen LogP contribution in [0.15, 0.2) is 17.1 Å². The van der Waals surface area contributed by atoms with Crippen LogP contribution in [0.2, 0.25) is 0 Å². The van der Waals surface area contributed by atoms with Crippen molar-refractivity contribution in [2.75, 3.05) is 16.8 Å². The van der Waals surface area contributed by atoms with Crippen molar-refractivity contribution >= 4 is 23.3 Å². The number of halogens is 3. The highest BCUT2D eigenvalue weighted by atomic mass is 19.2. The molecule has 3 rings (SSSR count). The topological polar surface area (TPSA) is 149 Å². The smallest absolute Gasteiger partial charge is 0.211 e. The van der Waals surface area contributed by atoms with E-state index in [1.165, 1.54) is 0 Å². The molecule has 11 heteroatoms. The summed E-state index contributed by atoms with van der Waals surface area (Å²) in [5, 5.41) is 22.8.